The van der Waals surface area contributed by atoms with Gasteiger partial charge in [-0.1, -0.05) is 12.1 Å². The zero-order chi connectivity index (χ0) is 14.4. The summed E-state index contributed by atoms with van der Waals surface area (Å²) in [6.45, 7) is 0. The van der Waals surface area contributed by atoms with Crippen LogP contribution in [-0.4, -0.2) is 71.7 Å². The Morgan fingerprint density at radius 1 is 0.789 bits per heavy atom. The van der Waals surface area contributed by atoms with Gasteiger partial charge in [-0.3, -0.25) is 14.0 Å². The molecule has 2 rings (SSSR count). The van der Waals surface area contributed by atoms with Gasteiger partial charge in [0.2, 0.25) is 0 Å². The van der Waals surface area contributed by atoms with E-state index in [0.717, 1.165) is 11.0 Å². The number of para-hydroxylation sites is 2. The van der Waals surface area contributed by atoms with Gasteiger partial charge >= 0.3 is 0 Å². The summed E-state index contributed by atoms with van der Waals surface area (Å²) in [6, 6.07) is 7.70. The Bertz CT molecular complexity index is 433. The molecule has 0 saturated carbocycles. The molecule has 0 atom stereocenters. The molecule has 2 aromatic rings. The zero-order valence-corrected chi connectivity index (χ0v) is 13.4. The quantitative estimate of drug-likeness (QED) is 0.871. The molecule has 0 bridgehead atoms. The number of rotatable bonds is 3. The van der Waals surface area contributed by atoms with Crippen molar-refractivity contribution in [3.8, 4) is 0 Å². The van der Waals surface area contributed by atoms with Crippen molar-refractivity contribution in [1.82, 2.24) is 29.4 Å². The summed E-state index contributed by atoms with van der Waals surface area (Å²) < 4.78 is 6.69. The topological polar surface area (TPSA) is 51.3 Å². The lowest BCUT2D eigenvalue weighted by Crippen LogP contribution is -2.25. The summed E-state index contributed by atoms with van der Waals surface area (Å²) in [4.78, 5) is 0. The largest absolute Gasteiger partial charge is 0.264 e. The number of hydrogen-bond acceptors (Lipinski definition) is 5. The molecule has 0 aliphatic rings. The molecule has 0 aliphatic carbocycles. The van der Waals surface area contributed by atoms with E-state index in [2.05, 4.69) is 71.7 Å². The third-order valence-electron chi connectivity index (χ3n) is 2.30. The Morgan fingerprint density at radius 3 is 1.42 bits per heavy atom. The first-order chi connectivity index (χ1) is 8.93. The van der Waals surface area contributed by atoms with Crippen molar-refractivity contribution >= 4 is 19.4 Å². The second kappa shape index (κ2) is 7.50. The molecule has 19 heavy (non-hydrogen) atoms. The Morgan fingerprint density at radius 2 is 1.16 bits per heavy atom. The molecule has 0 saturated heterocycles. The number of nitrogens with one attached hydrogen (secondary N) is 1. The lowest BCUT2D eigenvalue weighted by atomic mass is 10.3. The molecule has 106 valence electrons. The lowest BCUT2D eigenvalue weighted by Gasteiger charge is -2.34. The Kier molecular flexibility index (Phi) is 6.31. The van der Waals surface area contributed by atoms with E-state index in [1.165, 1.54) is 0 Å². The van der Waals surface area contributed by atoms with E-state index in [0.29, 0.717) is 0 Å². The highest BCUT2D eigenvalue weighted by Crippen LogP contribution is 2.40. The molecular weight excluding hydrogens is 259 g/mol. The molecule has 0 amide bonds. The maximum absolute atomic E-state index is 3.88. The normalized spacial score (nSPS) is 11.5. The van der Waals surface area contributed by atoms with Gasteiger partial charge in [0.1, 0.15) is 19.4 Å². The Balaban J connectivity index is 0.000000190. The summed E-state index contributed by atoms with van der Waals surface area (Å²) in [7, 11) is 12.4. The fraction of sp³-hybridized carbons (Fsp3) is 0.500. The van der Waals surface area contributed by atoms with Gasteiger partial charge in [0.05, 0.1) is 0 Å². The van der Waals surface area contributed by atoms with E-state index in [1.807, 2.05) is 24.3 Å². The summed E-state index contributed by atoms with van der Waals surface area (Å²) in [5.74, 6) is 0. The van der Waals surface area contributed by atoms with Crippen LogP contribution in [0.2, 0.25) is 0 Å². The minimum atomic E-state index is -0.238. The van der Waals surface area contributed by atoms with Crippen molar-refractivity contribution in [1.29, 1.82) is 0 Å². The molecule has 1 aromatic carbocycles. The molecule has 1 N–H and O–H groups in total. The van der Waals surface area contributed by atoms with Crippen LogP contribution in [0.25, 0.3) is 11.0 Å². The van der Waals surface area contributed by atoms with E-state index >= 15 is 0 Å². The highest BCUT2D eigenvalue weighted by atomic mass is 31.2. The van der Waals surface area contributed by atoms with Gasteiger partial charge in [-0.25, -0.2) is 0 Å². The summed E-state index contributed by atoms with van der Waals surface area (Å²) in [6.07, 6.45) is 0. The molecule has 1 heterocycles. The molecule has 0 aliphatic heterocycles. The smallest absolute Gasteiger partial charge is 0.118 e. The van der Waals surface area contributed by atoms with Crippen LogP contribution in [0, 0.1) is 0 Å². The van der Waals surface area contributed by atoms with Gasteiger partial charge in [0.25, 0.3) is 0 Å². The lowest BCUT2D eigenvalue weighted by molar-refractivity contribution is 0.490. The van der Waals surface area contributed by atoms with E-state index in [4.69, 9.17) is 0 Å². The second-order valence-electron chi connectivity index (χ2n) is 4.62. The third kappa shape index (κ3) is 4.84. The molecule has 0 spiro atoms. The van der Waals surface area contributed by atoms with Crippen molar-refractivity contribution < 1.29 is 0 Å². The Hall–Kier alpha value is -1.07. The number of fused-ring (bicyclic) bond motifs is 1. The highest BCUT2D eigenvalue weighted by molar-refractivity contribution is 7.49. The fourth-order valence-electron chi connectivity index (χ4n) is 1.86. The molecule has 7 heteroatoms. The first-order valence-electron chi connectivity index (χ1n) is 6.01. The number of aromatic amines is 1. The number of H-pyrrole nitrogens is 1. The van der Waals surface area contributed by atoms with Crippen molar-refractivity contribution in [3.63, 3.8) is 0 Å². The van der Waals surface area contributed by atoms with E-state index in [-0.39, 0.29) is 8.37 Å². The van der Waals surface area contributed by atoms with Crippen LogP contribution >= 0.6 is 8.37 Å². The Labute approximate surface area is 116 Å². The van der Waals surface area contributed by atoms with Crippen molar-refractivity contribution in [2.24, 2.45) is 0 Å². The van der Waals surface area contributed by atoms with Gasteiger partial charge in [-0.15, -0.1) is 0 Å². The summed E-state index contributed by atoms with van der Waals surface area (Å²) in [5, 5.41) is 10.3. The standard InChI is InChI=1S/C6H18N3P.C6H5N3/c1-7(2)10(8(3)4)9(5)6;1-2-4-6-5(3-1)7-9-8-6/h1-6H3;1-4H,(H,7,8,9). The van der Waals surface area contributed by atoms with Crippen molar-refractivity contribution in [2.75, 3.05) is 42.3 Å². The molecule has 0 fully saturated rings. The number of benzene rings is 1. The molecular formula is C12H23N6P. The van der Waals surface area contributed by atoms with Crippen LogP contribution < -0.4 is 0 Å². The van der Waals surface area contributed by atoms with E-state index in [1.54, 1.807) is 0 Å². The third-order valence-corrected chi connectivity index (χ3v) is 4.44. The van der Waals surface area contributed by atoms with Gasteiger partial charge < -0.3 is 0 Å². The van der Waals surface area contributed by atoms with Gasteiger partial charge in [0.15, 0.2) is 0 Å². The first-order valence-corrected chi connectivity index (χ1v) is 7.21. The van der Waals surface area contributed by atoms with Crippen LogP contribution in [0.5, 0.6) is 0 Å². The van der Waals surface area contributed by atoms with Crippen LogP contribution in [0.15, 0.2) is 24.3 Å². The second-order valence-corrected chi connectivity index (χ2v) is 7.56. The number of nitrogens with zero attached hydrogens (tertiary/aromatic N) is 5. The highest BCUT2D eigenvalue weighted by Gasteiger charge is 2.15. The fourth-order valence-corrected chi connectivity index (χ4v) is 4.01. The summed E-state index contributed by atoms with van der Waals surface area (Å²) in [5.41, 5.74) is 1.83. The van der Waals surface area contributed by atoms with Crippen LogP contribution in [0.3, 0.4) is 0 Å². The van der Waals surface area contributed by atoms with Crippen molar-refractivity contribution in [3.05, 3.63) is 24.3 Å². The molecule has 1 aromatic heterocycles. The maximum Gasteiger partial charge on any atom is 0.118 e. The average Bonchev–Trinajstić information content (AvgIpc) is 2.75. The SMILES string of the molecule is CN(C)P(N(C)C)N(C)C.c1ccc2n[nH]nc2c1. The molecule has 0 radical (unpaired) electrons. The van der Waals surface area contributed by atoms with Crippen LogP contribution in [0.4, 0.5) is 0 Å². The van der Waals surface area contributed by atoms with E-state index in [9.17, 15) is 0 Å². The van der Waals surface area contributed by atoms with E-state index < -0.39 is 0 Å². The first kappa shape index (κ1) is 16.0. The number of aromatic nitrogens is 3. The minimum absolute atomic E-state index is 0.238. The number of hydrogen-bond donors (Lipinski definition) is 1. The molecule has 6 nitrogen and oxygen atoms in total. The maximum atomic E-state index is 3.88. The predicted molar refractivity (Wildman–Crippen MR) is 81.9 cm³/mol. The minimum Gasteiger partial charge on any atom is -0.264 e. The van der Waals surface area contributed by atoms with Crippen molar-refractivity contribution in [2.45, 2.75) is 0 Å². The van der Waals surface area contributed by atoms with Crippen LogP contribution in [-0.2, 0) is 0 Å². The van der Waals surface area contributed by atoms with Crippen LogP contribution in [0.1, 0.15) is 0 Å². The average molecular weight is 282 g/mol. The van der Waals surface area contributed by atoms with Gasteiger partial charge in [0, 0.05) is 0 Å². The van der Waals surface area contributed by atoms with Gasteiger partial charge in [-0.2, -0.15) is 15.4 Å². The van der Waals surface area contributed by atoms with Gasteiger partial charge in [-0.05, 0) is 54.4 Å². The monoisotopic (exact) mass is 282 g/mol. The summed E-state index contributed by atoms with van der Waals surface area (Å²) >= 11 is 0. The zero-order valence-electron chi connectivity index (χ0n) is 12.5. The predicted octanol–water partition coefficient (Wildman–Crippen LogP) is 1.86. The molecule has 0 unspecified atom stereocenters.